The average molecular weight is 387 g/mol. The summed E-state index contributed by atoms with van der Waals surface area (Å²) in [4.78, 5) is 26.1. The first-order chi connectivity index (χ1) is 10.8. The first kappa shape index (κ1) is 16.2. The summed E-state index contributed by atoms with van der Waals surface area (Å²) >= 11 is 3.04. The third-order valence-corrected chi connectivity index (χ3v) is 4.38. The Labute approximate surface area is 139 Å². The molecule has 6 nitrogen and oxygen atoms in total. The number of amides is 1. The lowest BCUT2D eigenvalue weighted by Crippen LogP contribution is -2.49. The zero-order chi connectivity index (χ0) is 16.7. The van der Waals surface area contributed by atoms with Crippen LogP contribution in [0.5, 0.6) is 0 Å². The molecule has 2 aromatic rings. The number of benzene rings is 1. The highest BCUT2D eigenvalue weighted by Gasteiger charge is 2.27. The Hall–Kier alpha value is -1.67. The van der Waals surface area contributed by atoms with Gasteiger partial charge in [-0.2, -0.15) is 0 Å². The number of hydrogen-bond acceptors (Lipinski definition) is 4. The number of morpholine rings is 1. The van der Waals surface area contributed by atoms with Crippen LogP contribution in [0.25, 0.3) is 11.1 Å². The molecule has 1 saturated heterocycles. The van der Waals surface area contributed by atoms with Crippen LogP contribution < -0.4 is 5.76 Å². The van der Waals surface area contributed by atoms with Crippen molar-refractivity contribution in [1.82, 2.24) is 9.47 Å². The third-order valence-electron chi connectivity index (χ3n) is 3.78. The second-order valence-corrected chi connectivity index (χ2v) is 6.60. The predicted molar refractivity (Wildman–Crippen MR) is 84.7 cm³/mol. The lowest BCUT2D eigenvalue weighted by Gasteiger charge is -2.35. The molecule has 1 fully saturated rings. The molecule has 1 amide bonds. The van der Waals surface area contributed by atoms with Gasteiger partial charge in [0.15, 0.2) is 5.58 Å². The van der Waals surface area contributed by atoms with Gasteiger partial charge in [0.25, 0.3) is 0 Å². The molecule has 2 unspecified atom stereocenters. The quantitative estimate of drug-likeness (QED) is 0.792. The van der Waals surface area contributed by atoms with E-state index in [4.69, 9.17) is 9.15 Å². The summed E-state index contributed by atoms with van der Waals surface area (Å²) in [6.07, 6.45) is -0.122. The van der Waals surface area contributed by atoms with Crippen LogP contribution in [0, 0.1) is 5.82 Å². The first-order valence-corrected chi connectivity index (χ1v) is 8.06. The Morgan fingerprint density at radius 2 is 2.00 bits per heavy atom. The second kappa shape index (κ2) is 6.09. The van der Waals surface area contributed by atoms with Crippen molar-refractivity contribution in [3.8, 4) is 0 Å². The summed E-state index contributed by atoms with van der Waals surface area (Å²) in [6.45, 7) is 4.53. The molecule has 3 rings (SSSR count). The van der Waals surface area contributed by atoms with Crippen molar-refractivity contribution in [2.45, 2.75) is 32.6 Å². The van der Waals surface area contributed by atoms with E-state index in [1.54, 1.807) is 4.90 Å². The Balaban J connectivity index is 1.89. The average Bonchev–Trinajstić information content (AvgIpc) is 2.74. The third kappa shape index (κ3) is 3.18. The minimum Gasteiger partial charge on any atom is -0.408 e. The maximum Gasteiger partial charge on any atom is 0.420 e. The van der Waals surface area contributed by atoms with E-state index in [1.807, 2.05) is 13.8 Å². The van der Waals surface area contributed by atoms with Crippen LogP contribution in [0.3, 0.4) is 0 Å². The van der Waals surface area contributed by atoms with E-state index >= 15 is 0 Å². The van der Waals surface area contributed by atoms with Gasteiger partial charge in [0.2, 0.25) is 5.91 Å². The van der Waals surface area contributed by atoms with Crippen LogP contribution in [-0.2, 0) is 16.1 Å². The van der Waals surface area contributed by atoms with Gasteiger partial charge in [0.1, 0.15) is 12.4 Å². The maximum absolute atomic E-state index is 13.7. The van der Waals surface area contributed by atoms with Crippen LogP contribution in [-0.4, -0.2) is 40.7 Å². The second-order valence-electron chi connectivity index (χ2n) is 5.74. The number of nitrogens with zero attached hydrogens (tertiary/aromatic N) is 2. The number of carbonyl (C=O) groups excluding carboxylic acids is 1. The molecule has 1 aromatic heterocycles. The highest BCUT2D eigenvalue weighted by molar-refractivity contribution is 9.10. The van der Waals surface area contributed by atoms with Crippen LogP contribution in [0.1, 0.15) is 13.8 Å². The van der Waals surface area contributed by atoms with Crippen LogP contribution in [0.2, 0.25) is 0 Å². The van der Waals surface area contributed by atoms with Gasteiger partial charge < -0.3 is 14.1 Å². The van der Waals surface area contributed by atoms with Crippen molar-refractivity contribution in [1.29, 1.82) is 0 Å². The maximum atomic E-state index is 13.7. The summed E-state index contributed by atoms with van der Waals surface area (Å²) in [5, 5.41) is 0. The van der Waals surface area contributed by atoms with Gasteiger partial charge in [-0.25, -0.2) is 9.18 Å². The zero-order valence-corrected chi connectivity index (χ0v) is 14.3. The molecule has 0 bridgehead atoms. The largest absolute Gasteiger partial charge is 0.420 e. The minimum atomic E-state index is -0.680. The lowest BCUT2D eigenvalue weighted by atomic mass is 10.2. The molecular formula is C15H16BrFN2O4. The predicted octanol–water partition coefficient (Wildman–Crippen LogP) is 2.13. The molecule has 1 aromatic carbocycles. The fourth-order valence-corrected chi connectivity index (χ4v) is 3.15. The number of ether oxygens (including phenoxy) is 1. The molecule has 124 valence electrons. The van der Waals surface area contributed by atoms with E-state index in [0.717, 1.165) is 4.57 Å². The van der Waals surface area contributed by atoms with E-state index in [1.165, 1.54) is 12.1 Å². The van der Waals surface area contributed by atoms with E-state index in [0.29, 0.717) is 13.1 Å². The van der Waals surface area contributed by atoms with Crippen molar-refractivity contribution in [2.75, 3.05) is 13.1 Å². The van der Waals surface area contributed by atoms with Gasteiger partial charge in [0.05, 0.1) is 22.2 Å². The Morgan fingerprint density at radius 3 is 2.65 bits per heavy atom. The smallest absolute Gasteiger partial charge is 0.408 e. The van der Waals surface area contributed by atoms with E-state index in [9.17, 15) is 14.0 Å². The number of fused-ring (bicyclic) bond motifs is 1. The number of oxazole rings is 1. The molecule has 1 aliphatic rings. The Morgan fingerprint density at radius 1 is 1.35 bits per heavy atom. The molecule has 0 radical (unpaired) electrons. The molecule has 0 spiro atoms. The summed E-state index contributed by atoms with van der Waals surface area (Å²) < 4.78 is 25.7. The van der Waals surface area contributed by atoms with Crippen molar-refractivity contribution < 1.29 is 18.3 Å². The highest BCUT2D eigenvalue weighted by Crippen LogP contribution is 2.23. The SMILES string of the molecule is CC1CN(C(=O)Cn2c(=O)oc3cc(Br)c(F)cc32)CC(C)O1. The first-order valence-electron chi connectivity index (χ1n) is 7.26. The summed E-state index contributed by atoms with van der Waals surface area (Å²) in [6, 6.07) is 2.56. The van der Waals surface area contributed by atoms with E-state index in [-0.39, 0.29) is 40.2 Å². The normalized spacial score (nSPS) is 21.8. The van der Waals surface area contributed by atoms with Crippen LogP contribution in [0.15, 0.2) is 25.8 Å². The molecule has 1 aliphatic heterocycles. The van der Waals surface area contributed by atoms with Crippen molar-refractivity contribution in [3.05, 3.63) is 33.0 Å². The van der Waals surface area contributed by atoms with Crippen LogP contribution in [0.4, 0.5) is 4.39 Å². The fourth-order valence-electron chi connectivity index (χ4n) is 2.82. The Kier molecular flexibility index (Phi) is 4.29. The number of rotatable bonds is 2. The summed E-state index contributed by atoms with van der Waals surface area (Å²) in [5.74, 6) is -1.42. The summed E-state index contributed by atoms with van der Waals surface area (Å²) in [7, 11) is 0. The van der Waals surface area contributed by atoms with Gasteiger partial charge in [0, 0.05) is 25.2 Å². The number of hydrogen-bond donors (Lipinski definition) is 0. The molecule has 8 heteroatoms. The molecule has 2 atom stereocenters. The van der Waals surface area contributed by atoms with Gasteiger partial charge in [-0.15, -0.1) is 0 Å². The zero-order valence-electron chi connectivity index (χ0n) is 12.7. The number of halogens is 2. The molecular weight excluding hydrogens is 371 g/mol. The van der Waals surface area contributed by atoms with Crippen molar-refractivity contribution >= 4 is 32.9 Å². The van der Waals surface area contributed by atoms with Gasteiger partial charge in [-0.3, -0.25) is 9.36 Å². The monoisotopic (exact) mass is 386 g/mol. The highest BCUT2D eigenvalue weighted by atomic mass is 79.9. The standard InChI is InChI=1S/C15H16BrFN2O4/c1-8-5-18(6-9(2)22-8)14(20)7-19-12-4-11(17)10(16)3-13(12)23-15(19)21/h3-4,8-9H,5-7H2,1-2H3. The van der Waals surface area contributed by atoms with Crippen molar-refractivity contribution in [2.24, 2.45) is 0 Å². The van der Waals surface area contributed by atoms with E-state index in [2.05, 4.69) is 15.9 Å². The molecule has 0 saturated carbocycles. The number of carbonyl (C=O) groups is 1. The molecule has 2 heterocycles. The van der Waals surface area contributed by atoms with Gasteiger partial charge in [-0.1, -0.05) is 0 Å². The minimum absolute atomic E-state index is 0.0612. The molecule has 0 aliphatic carbocycles. The topological polar surface area (TPSA) is 64.7 Å². The van der Waals surface area contributed by atoms with Crippen molar-refractivity contribution in [3.63, 3.8) is 0 Å². The van der Waals surface area contributed by atoms with Gasteiger partial charge in [-0.05, 0) is 29.8 Å². The van der Waals surface area contributed by atoms with E-state index < -0.39 is 11.6 Å². The molecule has 23 heavy (non-hydrogen) atoms. The fraction of sp³-hybridized carbons (Fsp3) is 0.467. The van der Waals surface area contributed by atoms with Crippen LogP contribution >= 0.6 is 15.9 Å². The Bertz CT molecular complexity index is 806. The van der Waals surface area contributed by atoms with Gasteiger partial charge >= 0.3 is 5.76 Å². The lowest BCUT2D eigenvalue weighted by molar-refractivity contribution is -0.143. The number of aromatic nitrogens is 1. The molecule has 0 N–H and O–H groups in total. The summed E-state index contributed by atoms with van der Waals surface area (Å²) in [5.41, 5.74) is 0.498.